The fourth-order valence-electron chi connectivity index (χ4n) is 3.37. The Morgan fingerprint density at radius 1 is 0.667 bits per heavy atom. The van der Waals surface area contributed by atoms with E-state index in [1.807, 2.05) is 0 Å². The van der Waals surface area contributed by atoms with E-state index < -0.39 is 41.4 Å². The van der Waals surface area contributed by atoms with Gasteiger partial charge in [-0.25, -0.2) is 0 Å². The van der Waals surface area contributed by atoms with Crippen LogP contribution in [-0.2, 0) is 20.0 Å². The van der Waals surface area contributed by atoms with Crippen molar-refractivity contribution in [3.63, 3.8) is 0 Å². The van der Waals surface area contributed by atoms with Gasteiger partial charge >= 0.3 is 24.3 Å². The number of carbonyl (C=O) groups excluding carboxylic acids is 1. The molecule has 0 spiro atoms. The number of alkyl halides is 6. The lowest BCUT2D eigenvalue weighted by Crippen LogP contribution is -2.53. The van der Waals surface area contributed by atoms with E-state index in [4.69, 9.17) is 15.9 Å². The van der Waals surface area contributed by atoms with E-state index in [1.165, 1.54) is 0 Å². The highest BCUT2D eigenvalue weighted by Crippen LogP contribution is 2.50. The summed E-state index contributed by atoms with van der Waals surface area (Å²) < 4.78 is 76.8. The number of aliphatic carboxylic acids is 2. The fourth-order valence-corrected chi connectivity index (χ4v) is 3.37. The number of aliphatic hydroxyl groups is 1. The SMILES string of the molecule is NCCCCCCCC(=O)O.O=C(O)CCCCCCC(=O)Nc1ccc(C(O)(C(F)(F)F)C(F)(F)F)cc1. The predicted molar refractivity (Wildman–Crippen MR) is 131 cm³/mol. The summed E-state index contributed by atoms with van der Waals surface area (Å²) in [4.78, 5) is 32.1. The first-order valence-electron chi connectivity index (χ1n) is 12.5. The average Bonchev–Trinajstić information content (AvgIpc) is 2.82. The van der Waals surface area contributed by atoms with Crippen LogP contribution >= 0.6 is 0 Å². The minimum atomic E-state index is -5.98. The Hall–Kier alpha value is -2.87. The molecule has 1 aromatic carbocycles. The number of amides is 1. The van der Waals surface area contributed by atoms with E-state index in [9.17, 15) is 45.8 Å². The number of rotatable bonds is 16. The Bertz CT molecular complexity index is 861. The van der Waals surface area contributed by atoms with E-state index >= 15 is 0 Å². The number of hydrogen-bond donors (Lipinski definition) is 5. The molecule has 0 saturated heterocycles. The molecule has 0 saturated carbocycles. The van der Waals surface area contributed by atoms with E-state index in [-0.39, 0.29) is 18.5 Å². The molecule has 0 unspecified atom stereocenters. The highest BCUT2D eigenvalue weighted by molar-refractivity contribution is 5.90. The van der Waals surface area contributed by atoms with Crippen molar-refractivity contribution in [3.8, 4) is 0 Å². The maximum Gasteiger partial charge on any atom is 0.430 e. The first-order chi connectivity index (χ1) is 18.1. The smallest absolute Gasteiger partial charge is 0.430 e. The number of nitrogens with one attached hydrogen (secondary N) is 1. The number of unbranched alkanes of at least 4 members (excludes halogenated alkanes) is 7. The molecular formula is C25H36F6N2O6. The van der Waals surface area contributed by atoms with Crippen LogP contribution in [0.3, 0.4) is 0 Å². The molecule has 0 aromatic heterocycles. The topological polar surface area (TPSA) is 150 Å². The molecule has 8 nitrogen and oxygen atoms in total. The van der Waals surface area contributed by atoms with E-state index in [1.54, 1.807) is 0 Å². The number of benzene rings is 1. The molecule has 0 radical (unpaired) electrons. The Kier molecular flexibility index (Phi) is 16.4. The van der Waals surface area contributed by atoms with Gasteiger partial charge in [-0.1, -0.05) is 44.2 Å². The number of carboxylic acids is 2. The van der Waals surface area contributed by atoms with Crippen molar-refractivity contribution in [1.29, 1.82) is 0 Å². The van der Waals surface area contributed by atoms with Crippen molar-refractivity contribution < 1.29 is 56.0 Å². The Labute approximate surface area is 222 Å². The Morgan fingerprint density at radius 2 is 1.05 bits per heavy atom. The standard InChI is InChI=1S/C17H19F6NO4.C8H17NO2/c18-16(19,20)15(28,17(21,22)23)11-7-9-12(10-8-11)24-13(25)5-3-1-2-4-6-14(26)27;9-7-5-3-1-2-4-6-8(10)11/h7-10,28H,1-6H2,(H,24,25)(H,26,27);1-7,9H2,(H,10,11). The lowest BCUT2D eigenvalue weighted by atomic mass is 9.92. The number of halogens is 6. The summed E-state index contributed by atoms with van der Waals surface area (Å²) in [6.07, 6.45) is -4.28. The molecular weight excluding hydrogens is 538 g/mol. The zero-order chi connectivity index (χ0) is 30.1. The minimum Gasteiger partial charge on any atom is -0.481 e. The Morgan fingerprint density at radius 3 is 1.44 bits per heavy atom. The van der Waals surface area contributed by atoms with Gasteiger partial charge in [0.1, 0.15) is 0 Å². The van der Waals surface area contributed by atoms with Gasteiger partial charge in [0, 0.05) is 30.5 Å². The van der Waals surface area contributed by atoms with Crippen molar-refractivity contribution >= 4 is 23.5 Å². The predicted octanol–water partition coefficient (Wildman–Crippen LogP) is 5.73. The van der Waals surface area contributed by atoms with Crippen LogP contribution < -0.4 is 11.1 Å². The van der Waals surface area contributed by atoms with Gasteiger partial charge < -0.3 is 26.4 Å². The molecule has 6 N–H and O–H groups in total. The van der Waals surface area contributed by atoms with Crippen LogP contribution in [0.5, 0.6) is 0 Å². The molecule has 1 amide bonds. The van der Waals surface area contributed by atoms with Crippen LogP contribution in [0, 0.1) is 0 Å². The summed E-state index contributed by atoms with van der Waals surface area (Å²) in [7, 11) is 0. The highest BCUT2D eigenvalue weighted by atomic mass is 19.4. The molecule has 39 heavy (non-hydrogen) atoms. The summed E-state index contributed by atoms with van der Waals surface area (Å²) >= 11 is 0. The summed E-state index contributed by atoms with van der Waals surface area (Å²) in [6, 6.07) is 2.57. The van der Waals surface area contributed by atoms with Crippen molar-refractivity contribution in [2.75, 3.05) is 11.9 Å². The van der Waals surface area contributed by atoms with Gasteiger partial charge in [0.15, 0.2) is 0 Å². The van der Waals surface area contributed by atoms with Crippen LogP contribution in [0.1, 0.15) is 82.6 Å². The van der Waals surface area contributed by atoms with Crippen LogP contribution in [0.4, 0.5) is 32.0 Å². The summed E-state index contributed by atoms with van der Waals surface area (Å²) in [6.45, 7) is 0.749. The van der Waals surface area contributed by atoms with E-state index in [0.29, 0.717) is 44.2 Å². The van der Waals surface area contributed by atoms with Gasteiger partial charge in [-0.05, 0) is 44.4 Å². The third-order valence-electron chi connectivity index (χ3n) is 5.55. The largest absolute Gasteiger partial charge is 0.481 e. The van der Waals surface area contributed by atoms with Crippen molar-refractivity contribution in [3.05, 3.63) is 29.8 Å². The van der Waals surface area contributed by atoms with Crippen molar-refractivity contribution in [1.82, 2.24) is 0 Å². The Balaban J connectivity index is 0.00000110. The number of carboxylic acid groups (broad SMARTS) is 2. The third kappa shape index (κ3) is 14.2. The molecule has 1 rings (SSSR count). The second kappa shape index (κ2) is 17.7. The molecule has 1 aromatic rings. The van der Waals surface area contributed by atoms with Gasteiger partial charge in [-0.15, -0.1) is 0 Å². The molecule has 14 heteroatoms. The summed E-state index contributed by atoms with van der Waals surface area (Å²) in [5.74, 6) is -2.10. The monoisotopic (exact) mass is 574 g/mol. The average molecular weight is 575 g/mol. The number of hydrogen-bond acceptors (Lipinski definition) is 5. The lowest BCUT2D eigenvalue weighted by molar-refractivity contribution is -0.376. The van der Waals surface area contributed by atoms with Gasteiger partial charge in [0.2, 0.25) is 5.91 Å². The van der Waals surface area contributed by atoms with Gasteiger partial charge in [0.05, 0.1) is 0 Å². The first kappa shape index (κ1) is 36.1. The zero-order valence-corrected chi connectivity index (χ0v) is 21.4. The number of nitrogens with two attached hydrogens (primary N) is 1. The molecule has 0 fully saturated rings. The quantitative estimate of drug-likeness (QED) is 0.125. The molecule has 0 aliphatic carbocycles. The molecule has 0 bridgehead atoms. The van der Waals surface area contributed by atoms with Gasteiger partial charge in [-0.2, -0.15) is 26.3 Å². The van der Waals surface area contributed by atoms with Gasteiger partial charge in [-0.3, -0.25) is 14.4 Å². The number of anilines is 1. The number of carbonyl (C=O) groups is 3. The van der Waals surface area contributed by atoms with E-state index in [2.05, 4.69) is 5.32 Å². The molecule has 0 aliphatic rings. The zero-order valence-electron chi connectivity index (χ0n) is 21.4. The van der Waals surface area contributed by atoms with Crippen LogP contribution in [-0.4, -0.2) is 52.1 Å². The van der Waals surface area contributed by atoms with Crippen LogP contribution in [0.15, 0.2) is 24.3 Å². The van der Waals surface area contributed by atoms with Crippen LogP contribution in [0.2, 0.25) is 0 Å². The second-order valence-corrected chi connectivity index (χ2v) is 8.84. The first-order valence-corrected chi connectivity index (χ1v) is 12.5. The molecule has 0 atom stereocenters. The van der Waals surface area contributed by atoms with E-state index in [0.717, 1.165) is 50.8 Å². The van der Waals surface area contributed by atoms with Crippen molar-refractivity contribution in [2.45, 2.75) is 95.0 Å². The third-order valence-corrected chi connectivity index (χ3v) is 5.55. The second-order valence-electron chi connectivity index (χ2n) is 8.84. The maximum absolute atomic E-state index is 12.8. The van der Waals surface area contributed by atoms with Crippen LogP contribution in [0.25, 0.3) is 0 Å². The fraction of sp³-hybridized carbons (Fsp3) is 0.640. The maximum atomic E-state index is 12.8. The van der Waals surface area contributed by atoms with Gasteiger partial charge in [0.25, 0.3) is 5.60 Å². The normalized spacial score (nSPS) is 11.9. The van der Waals surface area contributed by atoms with Crippen molar-refractivity contribution in [2.24, 2.45) is 5.73 Å². The molecule has 0 aliphatic heterocycles. The highest BCUT2D eigenvalue weighted by Gasteiger charge is 2.71. The summed E-state index contributed by atoms with van der Waals surface area (Å²) in [5.41, 5.74) is -1.15. The molecule has 224 valence electrons. The minimum absolute atomic E-state index is 0.0219. The lowest BCUT2D eigenvalue weighted by Gasteiger charge is -2.32. The summed E-state index contributed by atoms with van der Waals surface area (Å²) in [5, 5.41) is 28.4. The molecule has 0 heterocycles.